The van der Waals surface area contributed by atoms with Crippen molar-refractivity contribution in [3.8, 4) is 0 Å². The molecule has 2 atom stereocenters. The van der Waals surface area contributed by atoms with Crippen molar-refractivity contribution in [3.05, 3.63) is 46.8 Å². The van der Waals surface area contributed by atoms with Crippen molar-refractivity contribution >= 4 is 22.1 Å². The molecule has 138 valence electrons. The number of hydrogen-bond acceptors (Lipinski definition) is 2. The number of rotatable bonds is 7. The molecule has 0 saturated heterocycles. The van der Waals surface area contributed by atoms with E-state index in [4.69, 9.17) is 0 Å². The molecule has 2 rings (SSSR count). The van der Waals surface area contributed by atoms with Gasteiger partial charge in [-0.2, -0.15) is 0 Å². The number of benzene rings is 2. The molecule has 0 aliphatic heterocycles. The lowest BCUT2D eigenvalue weighted by molar-refractivity contribution is -0.838. The standard InChI is InChI=1S/C21H32N2O2/c1-7-20(4,5)22(24)18-14-15-19(17-13-11-10-12-16(17)18)23(25)21(6,8-2)9-3/h10-15,22-23H,7-9H2,1-6H3. The van der Waals surface area contributed by atoms with E-state index in [1.807, 2.05) is 64.1 Å². The molecular weight excluding hydrogens is 312 g/mol. The summed E-state index contributed by atoms with van der Waals surface area (Å²) in [5, 5.41) is 28.3. The van der Waals surface area contributed by atoms with Crippen molar-refractivity contribution in [1.82, 2.24) is 0 Å². The van der Waals surface area contributed by atoms with Crippen LogP contribution in [0.3, 0.4) is 0 Å². The third kappa shape index (κ3) is 3.58. The van der Waals surface area contributed by atoms with Crippen molar-refractivity contribution in [3.63, 3.8) is 0 Å². The van der Waals surface area contributed by atoms with Crippen molar-refractivity contribution in [2.24, 2.45) is 0 Å². The predicted octanol–water partition coefficient (Wildman–Crippen LogP) is 3.64. The van der Waals surface area contributed by atoms with Crippen LogP contribution < -0.4 is 10.1 Å². The van der Waals surface area contributed by atoms with E-state index in [9.17, 15) is 10.4 Å². The lowest BCUT2D eigenvalue weighted by Crippen LogP contribution is -3.11. The van der Waals surface area contributed by atoms with Crippen molar-refractivity contribution in [2.45, 2.75) is 71.9 Å². The lowest BCUT2D eigenvalue weighted by Gasteiger charge is -2.41. The van der Waals surface area contributed by atoms with Gasteiger partial charge in [0, 0.05) is 22.9 Å². The maximum absolute atomic E-state index is 13.2. The largest absolute Gasteiger partial charge is 0.628 e. The summed E-state index contributed by atoms with van der Waals surface area (Å²) in [4.78, 5) is 0. The van der Waals surface area contributed by atoms with Gasteiger partial charge in [-0.05, 0) is 52.2 Å². The van der Waals surface area contributed by atoms with E-state index in [1.165, 1.54) is 0 Å². The SMILES string of the molecule is CCC(C)(C)[NH+]([O-])c1ccc([NH+]([O-])C(C)(CC)CC)c2ccccc12. The first-order valence-corrected chi connectivity index (χ1v) is 9.33. The van der Waals surface area contributed by atoms with E-state index in [0.717, 1.165) is 35.7 Å². The van der Waals surface area contributed by atoms with Gasteiger partial charge >= 0.3 is 0 Å². The van der Waals surface area contributed by atoms with Gasteiger partial charge in [0.05, 0.1) is 11.1 Å². The first-order valence-electron chi connectivity index (χ1n) is 9.33. The Morgan fingerprint density at radius 2 is 1.16 bits per heavy atom. The zero-order valence-electron chi connectivity index (χ0n) is 16.4. The molecule has 0 amide bonds. The third-order valence-electron chi connectivity index (χ3n) is 6.02. The molecule has 2 aromatic rings. The Balaban J connectivity index is 2.64. The van der Waals surface area contributed by atoms with Gasteiger partial charge in [0.2, 0.25) is 0 Å². The molecule has 0 aliphatic rings. The van der Waals surface area contributed by atoms with Crippen LogP contribution in [-0.2, 0) is 0 Å². The first-order chi connectivity index (χ1) is 11.7. The second-order valence-corrected chi connectivity index (χ2v) is 7.87. The normalized spacial score (nSPS) is 15.4. The van der Waals surface area contributed by atoms with Crippen LogP contribution in [0, 0.1) is 10.4 Å². The van der Waals surface area contributed by atoms with E-state index in [1.54, 1.807) is 0 Å². The third-order valence-corrected chi connectivity index (χ3v) is 6.02. The van der Waals surface area contributed by atoms with Crippen LogP contribution in [0.2, 0.25) is 0 Å². The second kappa shape index (κ2) is 7.42. The Hall–Kier alpha value is -1.46. The van der Waals surface area contributed by atoms with Gasteiger partial charge in [-0.25, -0.2) is 0 Å². The zero-order chi connectivity index (χ0) is 18.8. The summed E-state index contributed by atoms with van der Waals surface area (Å²) in [6.07, 6.45) is 2.39. The molecule has 0 saturated carbocycles. The molecule has 0 heterocycles. The summed E-state index contributed by atoms with van der Waals surface area (Å²) in [5.41, 5.74) is 0.675. The average Bonchev–Trinajstić information content (AvgIpc) is 2.65. The van der Waals surface area contributed by atoms with Crippen LogP contribution in [0.25, 0.3) is 10.8 Å². The van der Waals surface area contributed by atoms with Gasteiger partial charge in [-0.1, -0.05) is 32.9 Å². The van der Waals surface area contributed by atoms with Gasteiger partial charge in [-0.3, -0.25) is 0 Å². The summed E-state index contributed by atoms with van der Waals surface area (Å²) < 4.78 is 0. The fraction of sp³-hybridized carbons (Fsp3) is 0.524. The van der Waals surface area contributed by atoms with Gasteiger partial charge in [0.15, 0.2) is 0 Å². The fourth-order valence-electron chi connectivity index (χ4n) is 3.12. The Morgan fingerprint density at radius 1 is 0.720 bits per heavy atom. The van der Waals surface area contributed by atoms with Crippen LogP contribution in [-0.4, -0.2) is 11.1 Å². The second-order valence-electron chi connectivity index (χ2n) is 7.87. The minimum Gasteiger partial charge on any atom is -0.628 e. The topological polar surface area (TPSA) is 55.0 Å². The highest BCUT2D eigenvalue weighted by Gasteiger charge is 2.31. The Labute approximate surface area is 151 Å². The highest BCUT2D eigenvalue weighted by molar-refractivity contribution is 5.97. The summed E-state index contributed by atoms with van der Waals surface area (Å²) in [5.74, 6) is 0. The van der Waals surface area contributed by atoms with E-state index >= 15 is 0 Å². The number of nitrogens with one attached hydrogen (secondary N) is 2. The molecule has 2 aromatic carbocycles. The maximum atomic E-state index is 13.2. The van der Waals surface area contributed by atoms with Crippen LogP contribution in [0.4, 0.5) is 11.4 Å². The smallest absolute Gasteiger partial charge is 0.139 e. The van der Waals surface area contributed by atoms with E-state index in [2.05, 4.69) is 13.8 Å². The highest BCUT2D eigenvalue weighted by atomic mass is 16.5. The maximum Gasteiger partial charge on any atom is 0.139 e. The quantitative estimate of drug-likeness (QED) is 0.754. The van der Waals surface area contributed by atoms with Gasteiger partial charge in [-0.15, -0.1) is 0 Å². The van der Waals surface area contributed by atoms with Crippen LogP contribution in [0.15, 0.2) is 36.4 Å². The zero-order valence-corrected chi connectivity index (χ0v) is 16.4. The number of quaternary nitrogens is 2. The number of hydroxylamine groups is 2. The molecule has 2 N–H and O–H groups in total. The Bertz CT molecular complexity index is 723. The Kier molecular flexibility index (Phi) is 5.89. The molecule has 0 fully saturated rings. The predicted molar refractivity (Wildman–Crippen MR) is 105 cm³/mol. The highest BCUT2D eigenvalue weighted by Crippen LogP contribution is 2.28. The molecule has 4 nitrogen and oxygen atoms in total. The molecule has 0 aliphatic carbocycles. The number of fused-ring (bicyclic) bond motifs is 1. The minimum atomic E-state index is -0.407. The Morgan fingerprint density at radius 3 is 1.56 bits per heavy atom. The van der Waals surface area contributed by atoms with E-state index in [-0.39, 0.29) is 15.7 Å². The van der Waals surface area contributed by atoms with E-state index in [0.29, 0.717) is 5.69 Å². The van der Waals surface area contributed by atoms with Gasteiger partial charge < -0.3 is 20.5 Å². The lowest BCUT2D eigenvalue weighted by atomic mass is 9.93. The summed E-state index contributed by atoms with van der Waals surface area (Å²) in [6.45, 7) is 12.1. The first kappa shape index (κ1) is 19.9. The van der Waals surface area contributed by atoms with Crippen molar-refractivity contribution in [2.75, 3.05) is 0 Å². The molecule has 2 unspecified atom stereocenters. The van der Waals surface area contributed by atoms with Crippen LogP contribution >= 0.6 is 0 Å². The van der Waals surface area contributed by atoms with Crippen LogP contribution in [0.5, 0.6) is 0 Å². The number of hydrogen-bond donors (Lipinski definition) is 2. The molecule has 0 spiro atoms. The van der Waals surface area contributed by atoms with Crippen LogP contribution in [0.1, 0.15) is 60.8 Å². The summed E-state index contributed by atoms with van der Waals surface area (Å²) >= 11 is 0. The molecule has 25 heavy (non-hydrogen) atoms. The van der Waals surface area contributed by atoms with E-state index < -0.39 is 5.54 Å². The summed E-state index contributed by atoms with van der Waals surface area (Å²) in [7, 11) is 0. The van der Waals surface area contributed by atoms with Gasteiger partial charge in [0.25, 0.3) is 0 Å². The molecule has 0 radical (unpaired) electrons. The van der Waals surface area contributed by atoms with Gasteiger partial charge in [0.1, 0.15) is 11.4 Å². The minimum absolute atomic E-state index is 0.138. The fourth-order valence-corrected chi connectivity index (χ4v) is 3.12. The molecule has 4 heteroatoms. The average molecular weight is 344 g/mol. The summed E-state index contributed by atoms with van der Waals surface area (Å²) in [6, 6.07) is 11.5. The molecule has 0 aromatic heterocycles. The monoisotopic (exact) mass is 344 g/mol. The molecule has 0 bridgehead atoms. The molecular formula is C21H32N2O2. The van der Waals surface area contributed by atoms with Crippen molar-refractivity contribution in [1.29, 1.82) is 0 Å². The van der Waals surface area contributed by atoms with Crippen molar-refractivity contribution < 1.29 is 10.1 Å².